The molecular formula is C18H19ClF2N2O4S. The molecule has 28 heavy (non-hydrogen) atoms. The lowest BCUT2D eigenvalue weighted by Crippen LogP contribution is -2.30. The van der Waals surface area contributed by atoms with Gasteiger partial charge in [-0.05, 0) is 42.5 Å². The second-order valence-electron chi connectivity index (χ2n) is 5.59. The Kier molecular flexibility index (Phi) is 7.34. The summed E-state index contributed by atoms with van der Waals surface area (Å²) in [6.07, 6.45) is 0. The van der Waals surface area contributed by atoms with Gasteiger partial charge in [0.25, 0.3) is 5.91 Å². The van der Waals surface area contributed by atoms with Gasteiger partial charge in [-0.1, -0.05) is 25.4 Å². The van der Waals surface area contributed by atoms with Crippen molar-refractivity contribution in [1.82, 2.24) is 4.31 Å². The first-order valence-electron chi connectivity index (χ1n) is 8.35. The molecule has 0 aromatic heterocycles. The Morgan fingerprint density at radius 2 is 1.75 bits per heavy atom. The van der Waals surface area contributed by atoms with Gasteiger partial charge in [-0.25, -0.2) is 8.42 Å². The molecule has 2 aromatic rings. The zero-order valence-electron chi connectivity index (χ0n) is 15.2. The Morgan fingerprint density at radius 1 is 1.14 bits per heavy atom. The number of hydrogen-bond donors (Lipinski definition) is 1. The van der Waals surface area contributed by atoms with E-state index in [0.29, 0.717) is 13.1 Å². The highest BCUT2D eigenvalue weighted by Crippen LogP contribution is 2.27. The minimum atomic E-state index is -3.72. The Hall–Kier alpha value is -2.23. The largest absolute Gasteiger partial charge is 0.435 e. The van der Waals surface area contributed by atoms with Crippen LogP contribution in [0.15, 0.2) is 47.4 Å². The summed E-state index contributed by atoms with van der Waals surface area (Å²) in [5.41, 5.74) is 0.280. The van der Waals surface area contributed by atoms with Crippen molar-refractivity contribution in [2.24, 2.45) is 0 Å². The molecule has 152 valence electrons. The molecule has 0 fully saturated rings. The number of ether oxygens (including phenoxy) is 1. The summed E-state index contributed by atoms with van der Waals surface area (Å²) in [7, 11) is -3.72. The third-order valence-electron chi connectivity index (χ3n) is 3.87. The van der Waals surface area contributed by atoms with Gasteiger partial charge in [-0.3, -0.25) is 4.79 Å². The van der Waals surface area contributed by atoms with Crippen molar-refractivity contribution < 1.29 is 26.7 Å². The highest BCUT2D eigenvalue weighted by molar-refractivity contribution is 7.89. The van der Waals surface area contributed by atoms with E-state index in [9.17, 15) is 22.0 Å². The number of carbonyl (C=O) groups is 1. The van der Waals surface area contributed by atoms with Crippen LogP contribution in [0.4, 0.5) is 14.5 Å². The smallest absolute Gasteiger partial charge is 0.387 e. The lowest BCUT2D eigenvalue weighted by Gasteiger charge is -2.19. The molecule has 0 heterocycles. The molecule has 0 saturated carbocycles. The maximum Gasteiger partial charge on any atom is 0.387 e. The molecule has 0 aliphatic carbocycles. The van der Waals surface area contributed by atoms with E-state index in [4.69, 9.17) is 11.6 Å². The van der Waals surface area contributed by atoms with Gasteiger partial charge in [-0.2, -0.15) is 13.1 Å². The number of carbonyl (C=O) groups excluding carboxylic acids is 1. The summed E-state index contributed by atoms with van der Waals surface area (Å²) in [5.74, 6) is -0.667. The molecule has 0 saturated heterocycles. The molecular weight excluding hydrogens is 414 g/mol. The van der Waals surface area contributed by atoms with E-state index >= 15 is 0 Å². The molecule has 10 heteroatoms. The molecule has 6 nitrogen and oxygen atoms in total. The van der Waals surface area contributed by atoms with Gasteiger partial charge in [0.1, 0.15) is 5.75 Å². The van der Waals surface area contributed by atoms with Crippen LogP contribution in [0.1, 0.15) is 24.2 Å². The summed E-state index contributed by atoms with van der Waals surface area (Å²) >= 11 is 6.08. The fraction of sp³-hybridized carbons (Fsp3) is 0.278. The van der Waals surface area contributed by atoms with E-state index in [2.05, 4.69) is 10.1 Å². The number of amides is 1. The van der Waals surface area contributed by atoms with E-state index in [1.807, 2.05) is 0 Å². The van der Waals surface area contributed by atoms with Gasteiger partial charge in [0.15, 0.2) is 0 Å². The summed E-state index contributed by atoms with van der Waals surface area (Å²) in [6, 6.07) is 9.08. The molecule has 2 aromatic carbocycles. The molecule has 1 N–H and O–H groups in total. The zero-order chi connectivity index (χ0) is 20.9. The molecule has 0 spiro atoms. The van der Waals surface area contributed by atoms with Gasteiger partial charge >= 0.3 is 6.61 Å². The van der Waals surface area contributed by atoms with Crippen LogP contribution in [0.5, 0.6) is 5.75 Å². The van der Waals surface area contributed by atoms with E-state index in [0.717, 1.165) is 0 Å². The lowest BCUT2D eigenvalue weighted by atomic mass is 10.2. The molecule has 0 aliphatic rings. The third-order valence-corrected chi connectivity index (χ3v) is 6.25. The maximum absolute atomic E-state index is 12.6. The topological polar surface area (TPSA) is 75.7 Å². The van der Waals surface area contributed by atoms with Gasteiger partial charge < -0.3 is 10.1 Å². The Balaban J connectivity index is 2.25. The van der Waals surface area contributed by atoms with Crippen molar-refractivity contribution in [1.29, 1.82) is 0 Å². The van der Waals surface area contributed by atoms with Gasteiger partial charge in [0.05, 0.1) is 15.6 Å². The van der Waals surface area contributed by atoms with Gasteiger partial charge in [0, 0.05) is 18.7 Å². The summed E-state index contributed by atoms with van der Waals surface area (Å²) in [6.45, 7) is 1.09. The second-order valence-corrected chi connectivity index (χ2v) is 7.93. The first-order valence-corrected chi connectivity index (χ1v) is 10.2. The number of anilines is 1. The molecule has 0 aliphatic heterocycles. The van der Waals surface area contributed by atoms with Crippen LogP contribution in [0.2, 0.25) is 5.02 Å². The minimum Gasteiger partial charge on any atom is -0.435 e. The van der Waals surface area contributed by atoms with E-state index in [1.54, 1.807) is 13.8 Å². The Morgan fingerprint density at radius 3 is 2.29 bits per heavy atom. The number of nitrogens with one attached hydrogen (secondary N) is 1. The van der Waals surface area contributed by atoms with Crippen LogP contribution >= 0.6 is 11.6 Å². The number of sulfonamides is 1. The number of nitrogens with zero attached hydrogens (tertiary/aromatic N) is 1. The van der Waals surface area contributed by atoms with Crippen LogP contribution in [-0.4, -0.2) is 38.3 Å². The minimum absolute atomic E-state index is 0.00317. The average molecular weight is 433 g/mol. The van der Waals surface area contributed by atoms with Crippen molar-refractivity contribution in [2.75, 3.05) is 18.4 Å². The predicted octanol–water partition coefficient (Wildman–Crippen LogP) is 4.22. The summed E-state index contributed by atoms with van der Waals surface area (Å²) in [5, 5.41) is 2.69. The van der Waals surface area contributed by atoms with Crippen LogP contribution in [0.3, 0.4) is 0 Å². The second kappa shape index (κ2) is 9.31. The van der Waals surface area contributed by atoms with Crippen LogP contribution in [0, 0.1) is 0 Å². The Bertz CT molecular complexity index is 933. The van der Waals surface area contributed by atoms with Crippen molar-refractivity contribution in [3.63, 3.8) is 0 Å². The highest BCUT2D eigenvalue weighted by Gasteiger charge is 2.23. The molecule has 0 unspecified atom stereocenters. The molecule has 0 atom stereocenters. The third kappa shape index (κ3) is 5.18. The van der Waals surface area contributed by atoms with E-state index in [1.165, 1.54) is 46.8 Å². The summed E-state index contributed by atoms with van der Waals surface area (Å²) in [4.78, 5) is 12.4. The monoisotopic (exact) mass is 432 g/mol. The van der Waals surface area contributed by atoms with Crippen LogP contribution in [-0.2, 0) is 10.0 Å². The molecule has 1 amide bonds. The standard InChI is InChI=1S/C18H19ClF2N2O4S/c1-3-23(4-2)28(25,26)14-9-10-15(19)16(11-14)22-17(24)12-5-7-13(8-6-12)27-18(20)21/h5-11,18H,3-4H2,1-2H3,(H,22,24). The lowest BCUT2D eigenvalue weighted by molar-refractivity contribution is -0.0498. The number of halogens is 3. The number of hydrogen-bond acceptors (Lipinski definition) is 4. The first-order chi connectivity index (χ1) is 13.2. The Labute approximate surface area is 167 Å². The highest BCUT2D eigenvalue weighted by atomic mass is 35.5. The maximum atomic E-state index is 12.6. The van der Waals surface area contributed by atoms with E-state index in [-0.39, 0.29) is 26.9 Å². The van der Waals surface area contributed by atoms with Gasteiger partial charge in [0.2, 0.25) is 10.0 Å². The molecule has 0 bridgehead atoms. The van der Waals surface area contributed by atoms with Crippen molar-refractivity contribution in [2.45, 2.75) is 25.4 Å². The quantitative estimate of drug-likeness (QED) is 0.677. The number of rotatable bonds is 8. The average Bonchev–Trinajstić information content (AvgIpc) is 2.64. The fourth-order valence-electron chi connectivity index (χ4n) is 2.46. The number of benzene rings is 2. The zero-order valence-corrected chi connectivity index (χ0v) is 16.7. The van der Waals surface area contributed by atoms with Crippen LogP contribution < -0.4 is 10.1 Å². The number of alkyl halides is 2. The predicted molar refractivity (Wildman–Crippen MR) is 103 cm³/mol. The molecule has 2 rings (SSSR count). The normalized spacial score (nSPS) is 11.7. The van der Waals surface area contributed by atoms with Crippen molar-refractivity contribution >= 4 is 33.2 Å². The first kappa shape index (κ1) is 22.1. The van der Waals surface area contributed by atoms with E-state index < -0.39 is 22.5 Å². The SMILES string of the molecule is CCN(CC)S(=O)(=O)c1ccc(Cl)c(NC(=O)c2ccc(OC(F)F)cc2)c1. The van der Waals surface area contributed by atoms with Crippen molar-refractivity contribution in [3.8, 4) is 5.75 Å². The fourth-order valence-corrected chi connectivity index (χ4v) is 4.11. The van der Waals surface area contributed by atoms with Gasteiger partial charge in [-0.15, -0.1) is 0 Å². The van der Waals surface area contributed by atoms with Crippen LogP contribution in [0.25, 0.3) is 0 Å². The molecule has 0 radical (unpaired) electrons. The van der Waals surface area contributed by atoms with Crippen molar-refractivity contribution in [3.05, 3.63) is 53.1 Å². The summed E-state index contributed by atoms with van der Waals surface area (Å²) < 4.78 is 55.1.